The average Bonchev–Trinajstić information content (AvgIpc) is 3.34. The highest BCUT2D eigenvalue weighted by atomic mass is 16.5. The van der Waals surface area contributed by atoms with Gasteiger partial charge in [-0.25, -0.2) is 0 Å². The lowest BCUT2D eigenvalue weighted by Crippen LogP contribution is -2.31. The van der Waals surface area contributed by atoms with Gasteiger partial charge in [0.25, 0.3) is 5.91 Å². The molecule has 0 spiro atoms. The first-order valence-electron chi connectivity index (χ1n) is 7.90. The molecule has 4 nitrogen and oxygen atoms in total. The number of carbonyl (C=O) groups excluding carboxylic acids is 1. The summed E-state index contributed by atoms with van der Waals surface area (Å²) in [7, 11) is 1.85. The summed E-state index contributed by atoms with van der Waals surface area (Å²) in [4.78, 5) is 14.2. The number of amides is 1. The van der Waals surface area contributed by atoms with E-state index in [1.807, 2.05) is 19.2 Å². The van der Waals surface area contributed by atoms with Crippen LogP contribution in [-0.2, 0) is 17.7 Å². The molecule has 0 atom stereocenters. The number of carbonyl (C=O) groups is 1. The minimum absolute atomic E-state index is 0.0818. The van der Waals surface area contributed by atoms with Gasteiger partial charge in [0.1, 0.15) is 0 Å². The Morgan fingerprint density at radius 2 is 2.24 bits per heavy atom. The Bertz CT molecular complexity index is 512. The van der Waals surface area contributed by atoms with Gasteiger partial charge in [0.2, 0.25) is 0 Å². The molecule has 21 heavy (non-hydrogen) atoms. The van der Waals surface area contributed by atoms with Gasteiger partial charge in [0.15, 0.2) is 0 Å². The smallest absolute Gasteiger partial charge is 0.253 e. The molecule has 1 aliphatic heterocycles. The van der Waals surface area contributed by atoms with Gasteiger partial charge in [-0.15, -0.1) is 0 Å². The topological polar surface area (TPSA) is 41.6 Å². The Labute approximate surface area is 126 Å². The molecule has 1 amide bonds. The normalized spacial score (nSPS) is 17.4. The predicted molar refractivity (Wildman–Crippen MR) is 82.4 cm³/mol. The lowest BCUT2D eigenvalue weighted by atomic mass is 9.98. The van der Waals surface area contributed by atoms with E-state index < -0.39 is 0 Å². The quantitative estimate of drug-likeness (QED) is 0.812. The summed E-state index contributed by atoms with van der Waals surface area (Å²) in [6.07, 6.45) is 3.66. The molecule has 0 radical (unpaired) electrons. The minimum atomic E-state index is 0.0818. The van der Waals surface area contributed by atoms with Crippen molar-refractivity contribution in [3.63, 3.8) is 0 Å². The maximum atomic E-state index is 12.4. The van der Waals surface area contributed by atoms with Crippen molar-refractivity contribution in [3.8, 4) is 0 Å². The van der Waals surface area contributed by atoms with Crippen LogP contribution in [0.3, 0.4) is 0 Å². The molecule has 3 rings (SSSR count). The van der Waals surface area contributed by atoms with E-state index in [9.17, 15) is 4.79 Å². The van der Waals surface area contributed by atoms with E-state index in [0.29, 0.717) is 13.2 Å². The van der Waals surface area contributed by atoms with Crippen LogP contribution in [-0.4, -0.2) is 44.2 Å². The number of benzene rings is 1. The standard InChI is InChI=1S/C17H24N2O2/c1-19(8-9-21-12-13-2-3-13)17(20)15-5-4-14-6-7-18-11-16(14)10-15/h4-5,10,13,18H,2-3,6-9,11-12H2,1H3. The molecule has 2 aliphatic rings. The Morgan fingerprint density at radius 1 is 1.38 bits per heavy atom. The lowest BCUT2D eigenvalue weighted by Gasteiger charge is -2.20. The second-order valence-corrected chi connectivity index (χ2v) is 6.16. The number of ether oxygens (including phenoxy) is 1. The third-order valence-corrected chi connectivity index (χ3v) is 4.31. The average molecular weight is 288 g/mol. The van der Waals surface area contributed by atoms with Crippen LogP contribution in [0.2, 0.25) is 0 Å². The fourth-order valence-electron chi connectivity index (χ4n) is 2.67. The first kappa shape index (κ1) is 14.5. The zero-order valence-corrected chi connectivity index (χ0v) is 12.7. The summed E-state index contributed by atoms with van der Waals surface area (Å²) in [6, 6.07) is 6.08. The molecule has 114 valence electrons. The first-order chi connectivity index (χ1) is 10.2. The Morgan fingerprint density at radius 3 is 3.05 bits per heavy atom. The first-order valence-corrected chi connectivity index (χ1v) is 7.90. The van der Waals surface area contributed by atoms with Crippen LogP contribution in [0.1, 0.15) is 34.3 Å². The van der Waals surface area contributed by atoms with Gasteiger partial charge in [-0.1, -0.05) is 6.07 Å². The molecular formula is C17H24N2O2. The van der Waals surface area contributed by atoms with Crippen molar-refractivity contribution < 1.29 is 9.53 Å². The van der Waals surface area contributed by atoms with Crippen molar-refractivity contribution in [3.05, 3.63) is 34.9 Å². The second kappa shape index (κ2) is 6.58. The number of nitrogens with one attached hydrogen (secondary N) is 1. The minimum Gasteiger partial charge on any atom is -0.379 e. The van der Waals surface area contributed by atoms with E-state index in [1.165, 1.54) is 24.0 Å². The number of likely N-dealkylation sites (N-methyl/N-ethyl adjacent to an activating group) is 1. The molecule has 1 aromatic rings. The third-order valence-electron chi connectivity index (χ3n) is 4.31. The highest BCUT2D eigenvalue weighted by Crippen LogP contribution is 2.28. The van der Waals surface area contributed by atoms with Gasteiger partial charge in [0, 0.05) is 32.3 Å². The van der Waals surface area contributed by atoms with Crippen LogP contribution in [0.4, 0.5) is 0 Å². The summed E-state index contributed by atoms with van der Waals surface area (Å²) in [6.45, 7) is 4.03. The molecule has 0 aromatic heterocycles. The number of nitrogens with zero attached hydrogens (tertiary/aromatic N) is 1. The van der Waals surface area contributed by atoms with Crippen molar-refractivity contribution in [1.29, 1.82) is 0 Å². The molecule has 4 heteroatoms. The Kier molecular flexibility index (Phi) is 4.56. The predicted octanol–water partition coefficient (Wildman–Crippen LogP) is 1.83. The van der Waals surface area contributed by atoms with E-state index in [1.54, 1.807) is 4.90 Å². The molecule has 1 aromatic carbocycles. The van der Waals surface area contributed by atoms with E-state index in [0.717, 1.165) is 37.6 Å². The highest BCUT2D eigenvalue weighted by Gasteiger charge is 2.21. The Balaban J connectivity index is 1.53. The van der Waals surface area contributed by atoms with Crippen LogP contribution >= 0.6 is 0 Å². The summed E-state index contributed by atoms with van der Waals surface area (Å²) in [5.41, 5.74) is 3.40. The largest absolute Gasteiger partial charge is 0.379 e. The van der Waals surface area contributed by atoms with Crippen LogP contribution < -0.4 is 5.32 Å². The molecule has 0 bridgehead atoms. The van der Waals surface area contributed by atoms with Crippen LogP contribution in [0, 0.1) is 5.92 Å². The van der Waals surface area contributed by atoms with Crippen molar-refractivity contribution in [2.45, 2.75) is 25.8 Å². The Hall–Kier alpha value is -1.39. The highest BCUT2D eigenvalue weighted by molar-refractivity contribution is 5.94. The zero-order valence-electron chi connectivity index (χ0n) is 12.7. The van der Waals surface area contributed by atoms with E-state index >= 15 is 0 Å². The lowest BCUT2D eigenvalue weighted by molar-refractivity contribution is 0.0681. The summed E-state index contributed by atoms with van der Waals surface area (Å²) < 4.78 is 5.60. The molecular weight excluding hydrogens is 264 g/mol. The summed E-state index contributed by atoms with van der Waals surface area (Å²) in [5, 5.41) is 3.35. The summed E-state index contributed by atoms with van der Waals surface area (Å²) in [5.74, 6) is 0.859. The van der Waals surface area contributed by atoms with Gasteiger partial charge in [-0.2, -0.15) is 0 Å². The van der Waals surface area contributed by atoms with Gasteiger partial charge in [-0.3, -0.25) is 4.79 Å². The molecule has 1 N–H and O–H groups in total. The van der Waals surface area contributed by atoms with Crippen LogP contribution in [0.15, 0.2) is 18.2 Å². The van der Waals surface area contributed by atoms with E-state index in [-0.39, 0.29) is 5.91 Å². The number of hydrogen-bond donors (Lipinski definition) is 1. The monoisotopic (exact) mass is 288 g/mol. The number of fused-ring (bicyclic) bond motifs is 1. The SMILES string of the molecule is CN(CCOCC1CC1)C(=O)c1ccc2c(c1)CNCC2. The van der Waals surface area contributed by atoms with Crippen LogP contribution in [0.5, 0.6) is 0 Å². The summed E-state index contributed by atoms with van der Waals surface area (Å²) >= 11 is 0. The number of hydrogen-bond acceptors (Lipinski definition) is 3. The van der Waals surface area contributed by atoms with Gasteiger partial charge < -0.3 is 15.0 Å². The van der Waals surface area contributed by atoms with Gasteiger partial charge >= 0.3 is 0 Å². The van der Waals surface area contributed by atoms with Gasteiger partial charge in [0.05, 0.1) is 6.61 Å². The fourth-order valence-corrected chi connectivity index (χ4v) is 2.67. The second-order valence-electron chi connectivity index (χ2n) is 6.16. The molecule has 1 saturated carbocycles. The van der Waals surface area contributed by atoms with Crippen molar-refractivity contribution in [1.82, 2.24) is 10.2 Å². The number of rotatable bonds is 6. The maximum Gasteiger partial charge on any atom is 0.253 e. The van der Waals surface area contributed by atoms with E-state index in [4.69, 9.17) is 4.74 Å². The van der Waals surface area contributed by atoms with Crippen molar-refractivity contribution >= 4 is 5.91 Å². The third kappa shape index (κ3) is 3.83. The van der Waals surface area contributed by atoms with Crippen molar-refractivity contribution in [2.75, 3.05) is 33.4 Å². The molecule has 0 saturated heterocycles. The molecule has 1 aliphatic carbocycles. The maximum absolute atomic E-state index is 12.4. The molecule has 0 unspecified atom stereocenters. The van der Waals surface area contributed by atoms with Crippen LogP contribution in [0.25, 0.3) is 0 Å². The molecule has 1 heterocycles. The fraction of sp³-hybridized carbons (Fsp3) is 0.588. The molecule has 1 fully saturated rings. The van der Waals surface area contributed by atoms with Crippen molar-refractivity contribution in [2.24, 2.45) is 5.92 Å². The zero-order chi connectivity index (χ0) is 14.7. The van der Waals surface area contributed by atoms with Gasteiger partial charge in [-0.05, 0) is 55.0 Å². The van der Waals surface area contributed by atoms with E-state index in [2.05, 4.69) is 11.4 Å².